The highest BCUT2D eigenvalue weighted by Crippen LogP contribution is 2.36. The third-order valence-electron chi connectivity index (χ3n) is 5.41. The van der Waals surface area contributed by atoms with E-state index in [1.807, 2.05) is 19.2 Å². The minimum Gasteiger partial charge on any atom is -0.334 e. The molecule has 1 unspecified atom stereocenters. The average molecular weight is 398 g/mol. The van der Waals surface area contributed by atoms with Crippen molar-refractivity contribution in [1.82, 2.24) is 14.7 Å². The first-order valence-electron chi connectivity index (χ1n) is 9.28. The predicted octanol–water partition coefficient (Wildman–Crippen LogP) is 4.79. The monoisotopic (exact) mass is 397 g/mol. The summed E-state index contributed by atoms with van der Waals surface area (Å²) in [6.07, 6.45) is 1.87. The highest BCUT2D eigenvalue weighted by atomic mass is 35.5. The van der Waals surface area contributed by atoms with Gasteiger partial charge in [-0.25, -0.2) is 9.07 Å². The van der Waals surface area contributed by atoms with Crippen LogP contribution >= 0.6 is 11.6 Å². The highest BCUT2D eigenvalue weighted by Gasteiger charge is 2.31. The van der Waals surface area contributed by atoms with Crippen molar-refractivity contribution in [2.75, 3.05) is 7.05 Å². The van der Waals surface area contributed by atoms with Gasteiger partial charge < -0.3 is 4.90 Å². The molecule has 1 aliphatic rings. The van der Waals surface area contributed by atoms with Crippen LogP contribution in [0.1, 0.15) is 45.2 Å². The molecule has 0 saturated carbocycles. The van der Waals surface area contributed by atoms with Gasteiger partial charge in [-0.2, -0.15) is 5.10 Å². The molecule has 4 nitrogen and oxygen atoms in total. The van der Waals surface area contributed by atoms with Crippen molar-refractivity contribution in [2.24, 2.45) is 0 Å². The van der Waals surface area contributed by atoms with Crippen molar-refractivity contribution in [1.29, 1.82) is 0 Å². The van der Waals surface area contributed by atoms with Gasteiger partial charge in [0, 0.05) is 7.05 Å². The number of rotatable bonds is 4. The molecule has 3 aromatic rings. The third-order valence-corrected chi connectivity index (χ3v) is 5.80. The molecule has 6 heteroatoms. The van der Waals surface area contributed by atoms with Gasteiger partial charge in [-0.15, -0.1) is 0 Å². The molecule has 1 heterocycles. The zero-order valence-corrected chi connectivity index (χ0v) is 16.6. The number of amides is 1. The fourth-order valence-electron chi connectivity index (χ4n) is 3.92. The summed E-state index contributed by atoms with van der Waals surface area (Å²) in [6, 6.07) is 14.5. The first kappa shape index (κ1) is 18.7. The molecule has 0 radical (unpaired) electrons. The third kappa shape index (κ3) is 3.31. The molecule has 0 spiro atoms. The van der Waals surface area contributed by atoms with Gasteiger partial charge in [0.15, 0.2) is 0 Å². The molecule has 0 fully saturated rings. The molecule has 0 aliphatic heterocycles. The predicted molar refractivity (Wildman–Crippen MR) is 107 cm³/mol. The fraction of sp³-hybridized carbons (Fsp3) is 0.273. The number of aryl methyl sites for hydroxylation is 2. The number of nitrogens with zero attached hydrogens (tertiary/aromatic N) is 3. The second-order valence-corrected chi connectivity index (χ2v) is 7.56. The highest BCUT2D eigenvalue weighted by molar-refractivity contribution is 6.33. The molecular weight excluding hydrogens is 377 g/mol. The van der Waals surface area contributed by atoms with Gasteiger partial charge in [-0.3, -0.25) is 4.79 Å². The van der Waals surface area contributed by atoms with E-state index in [0.717, 1.165) is 18.4 Å². The van der Waals surface area contributed by atoms with E-state index in [0.29, 0.717) is 23.0 Å². The van der Waals surface area contributed by atoms with Crippen LogP contribution in [0.4, 0.5) is 4.39 Å². The number of carbonyl (C=O) groups is 1. The SMILES string of the molecule is Cc1nn(Cc2ccc(F)cc2)c(Cl)c1C(=O)N(C)C1CCc2ccccc21. The molecule has 0 saturated heterocycles. The van der Waals surface area contributed by atoms with E-state index in [-0.39, 0.29) is 17.8 Å². The zero-order chi connectivity index (χ0) is 19.8. The van der Waals surface area contributed by atoms with Crippen LogP contribution in [0.25, 0.3) is 0 Å². The Labute approximate surface area is 168 Å². The summed E-state index contributed by atoms with van der Waals surface area (Å²) in [7, 11) is 1.82. The minimum absolute atomic E-state index is 0.0413. The van der Waals surface area contributed by atoms with Gasteiger partial charge in [-0.05, 0) is 48.6 Å². The van der Waals surface area contributed by atoms with Crippen LogP contribution in [0.3, 0.4) is 0 Å². The van der Waals surface area contributed by atoms with Crippen LogP contribution < -0.4 is 0 Å². The van der Waals surface area contributed by atoms with Crippen LogP contribution in [0.5, 0.6) is 0 Å². The maximum Gasteiger partial charge on any atom is 0.259 e. The number of aromatic nitrogens is 2. The summed E-state index contributed by atoms with van der Waals surface area (Å²) in [4.78, 5) is 15.0. The Morgan fingerprint density at radius 1 is 1.25 bits per heavy atom. The first-order valence-corrected chi connectivity index (χ1v) is 9.66. The van der Waals surface area contributed by atoms with Gasteiger partial charge in [0.1, 0.15) is 11.0 Å². The van der Waals surface area contributed by atoms with Crippen LogP contribution in [0.15, 0.2) is 48.5 Å². The van der Waals surface area contributed by atoms with E-state index in [1.165, 1.54) is 23.3 Å². The Morgan fingerprint density at radius 3 is 2.71 bits per heavy atom. The molecule has 1 atom stereocenters. The molecule has 1 amide bonds. The summed E-state index contributed by atoms with van der Waals surface area (Å²) in [5.74, 6) is -0.421. The van der Waals surface area contributed by atoms with Crippen LogP contribution in [-0.2, 0) is 13.0 Å². The number of benzene rings is 2. The number of carbonyl (C=O) groups excluding carboxylic acids is 1. The van der Waals surface area contributed by atoms with E-state index in [2.05, 4.69) is 17.2 Å². The molecule has 0 bridgehead atoms. The molecule has 28 heavy (non-hydrogen) atoms. The van der Waals surface area contributed by atoms with E-state index in [1.54, 1.807) is 28.6 Å². The van der Waals surface area contributed by atoms with E-state index in [9.17, 15) is 9.18 Å². The lowest BCUT2D eigenvalue weighted by molar-refractivity contribution is 0.0730. The maximum absolute atomic E-state index is 13.2. The fourth-order valence-corrected chi connectivity index (χ4v) is 4.23. The zero-order valence-electron chi connectivity index (χ0n) is 15.8. The van der Waals surface area contributed by atoms with Gasteiger partial charge >= 0.3 is 0 Å². The quantitative estimate of drug-likeness (QED) is 0.634. The lowest BCUT2D eigenvalue weighted by Crippen LogP contribution is -2.30. The van der Waals surface area contributed by atoms with Crippen molar-refractivity contribution >= 4 is 17.5 Å². The Bertz CT molecular complexity index is 1030. The lowest BCUT2D eigenvalue weighted by atomic mass is 10.1. The smallest absolute Gasteiger partial charge is 0.259 e. The summed E-state index contributed by atoms with van der Waals surface area (Å²) in [5, 5.41) is 4.76. The Morgan fingerprint density at radius 2 is 1.96 bits per heavy atom. The Kier molecular flexibility index (Phi) is 4.94. The maximum atomic E-state index is 13.2. The molecular formula is C22H21ClFN3O. The van der Waals surface area contributed by atoms with Crippen LogP contribution in [0, 0.1) is 12.7 Å². The molecule has 144 valence electrons. The number of halogens is 2. The molecule has 1 aromatic heterocycles. The second kappa shape index (κ2) is 7.40. The Hall–Kier alpha value is -2.66. The van der Waals surface area contributed by atoms with Crippen molar-refractivity contribution in [2.45, 2.75) is 32.4 Å². The van der Waals surface area contributed by atoms with Crippen molar-refractivity contribution in [3.8, 4) is 0 Å². The summed E-state index contributed by atoms with van der Waals surface area (Å²) in [6.45, 7) is 2.17. The molecule has 0 N–H and O–H groups in total. The second-order valence-electron chi connectivity index (χ2n) is 7.20. The van der Waals surface area contributed by atoms with Crippen molar-refractivity contribution < 1.29 is 9.18 Å². The molecule has 2 aromatic carbocycles. The van der Waals surface area contributed by atoms with Crippen LogP contribution in [0.2, 0.25) is 5.15 Å². The van der Waals surface area contributed by atoms with E-state index >= 15 is 0 Å². The minimum atomic E-state index is -0.291. The summed E-state index contributed by atoms with van der Waals surface area (Å²) < 4.78 is 14.7. The van der Waals surface area contributed by atoms with E-state index in [4.69, 9.17) is 11.6 Å². The molecule has 1 aliphatic carbocycles. The van der Waals surface area contributed by atoms with E-state index < -0.39 is 0 Å². The van der Waals surface area contributed by atoms with Gasteiger partial charge in [-0.1, -0.05) is 48.0 Å². The average Bonchev–Trinajstić information content (AvgIpc) is 3.23. The normalized spacial score (nSPS) is 15.5. The number of fused-ring (bicyclic) bond motifs is 1. The van der Waals surface area contributed by atoms with Gasteiger partial charge in [0.05, 0.1) is 23.8 Å². The number of hydrogen-bond donors (Lipinski definition) is 0. The lowest BCUT2D eigenvalue weighted by Gasteiger charge is -2.25. The van der Waals surface area contributed by atoms with Gasteiger partial charge in [0.25, 0.3) is 5.91 Å². The summed E-state index contributed by atoms with van der Waals surface area (Å²) in [5.41, 5.74) is 4.38. The van der Waals surface area contributed by atoms with Crippen molar-refractivity contribution in [3.05, 3.63) is 87.4 Å². The number of hydrogen-bond acceptors (Lipinski definition) is 2. The van der Waals surface area contributed by atoms with Gasteiger partial charge in [0.2, 0.25) is 0 Å². The summed E-state index contributed by atoms with van der Waals surface area (Å²) >= 11 is 6.54. The molecule has 4 rings (SSSR count). The topological polar surface area (TPSA) is 38.1 Å². The standard InChI is InChI=1S/C22H21ClFN3O/c1-14-20(21(23)27(25-14)13-15-7-10-17(24)11-8-15)22(28)26(2)19-12-9-16-5-3-4-6-18(16)19/h3-8,10-11,19H,9,12-13H2,1-2H3. The Balaban J connectivity index is 1.60. The largest absolute Gasteiger partial charge is 0.334 e. The first-order chi connectivity index (χ1) is 13.5. The van der Waals surface area contributed by atoms with Crippen molar-refractivity contribution in [3.63, 3.8) is 0 Å². The van der Waals surface area contributed by atoms with Crippen LogP contribution in [-0.4, -0.2) is 27.6 Å².